The molecule has 1 aliphatic rings. The number of rotatable bonds is 1. The van der Waals surface area contributed by atoms with Crippen molar-refractivity contribution in [2.45, 2.75) is 0 Å². The highest BCUT2D eigenvalue weighted by molar-refractivity contribution is 7.80. The number of aryl methyl sites for hydroxylation is 1. The lowest BCUT2D eigenvalue weighted by Crippen LogP contribution is -2.21. The molecule has 3 rings (SSSR count). The molecule has 18 heavy (non-hydrogen) atoms. The molecule has 0 bridgehead atoms. The Balaban J connectivity index is 2.13. The van der Waals surface area contributed by atoms with E-state index in [1.54, 1.807) is 0 Å². The topological polar surface area (TPSA) is 46.1 Å². The van der Waals surface area contributed by atoms with E-state index < -0.39 is 0 Å². The number of nitrogens with one attached hydrogen (secondary N) is 2. The minimum absolute atomic E-state index is 0.187. The molecular weight excluding hydrogens is 246 g/mol. The van der Waals surface area contributed by atoms with Crippen molar-refractivity contribution in [2.75, 3.05) is 0 Å². The number of amides is 1. The lowest BCUT2D eigenvalue weighted by atomic mass is 10.1. The summed E-state index contributed by atoms with van der Waals surface area (Å²) in [5.41, 5.74) is 2.61. The average Bonchev–Trinajstić information content (AvgIpc) is 2.82. The maximum absolute atomic E-state index is 11.6. The van der Waals surface area contributed by atoms with Crippen molar-refractivity contribution in [1.82, 2.24) is 15.2 Å². The highest BCUT2D eigenvalue weighted by Gasteiger charge is 2.20. The van der Waals surface area contributed by atoms with E-state index in [0.29, 0.717) is 10.8 Å². The predicted octanol–water partition coefficient (Wildman–Crippen LogP) is 1.52. The molecule has 1 fully saturated rings. The van der Waals surface area contributed by atoms with Crippen LogP contribution >= 0.6 is 12.2 Å². The first-order valence-corrected chi connectivity index (χ1v) is 5.94. The Morgan fingerprint density at radius 3 is 2.78 bits per heavy atom. The largest absolute Gasteiger partial charge is 0.350 e. The van der Waals surface area contributed by atoms with Crippen LogP contribution in [-0.2, 0) is 11.8 Å². The third-order valence-corrected chi connectivity index (χ3v) is 3.15. The van der Waals surface area contributed by atoms with E-state index in [2.05, 4.69) is 10.6 Å². The van der Waals surface area contributed by atoms with Crippen LogP contribution in [0, 0.1) is 0 Å². The number of nitrogens with zero attached hydrogens (tertiary/aromatic N) is 1. The summed E-state index contributed by atoms with van der Waals surface area (Å²) in [6, 6.07) is 8.06. The number of thiocarbonyl (C=S) groups is 1. The first-order chi connectivity index (χ1) is 8.65. The van der Waals surface area contributed by atoms with Crippen molar-refractivity contribution < 1.29 is 4.79 Å². The SMILES string of the molecule is Cn1cc(/C=C2/NC(=S)NC2=O)c2ccccc21. The van der Waals surface area contributed by atoms with Gasteiger partial charge >= 0.3 is 0 Å². The highest BCUT2D eigenvalue weighted by atomic mass is 32.1. The van der Waals surface area contributed by atoms with Crippen LogP contribution < -0.4 is 10.6 Å². The molecule has 0 atom stereocenters. The summed E-state index contributed by atoms with van der Waals surface area (Å²) >= 11 is 4.90. The van der Waals surface area contributed by atoms with Gasteiger partial charge in [-0.3, -0.25) is 10.1 Å². The van der Waals surface area contributed by atoms with Crippen LogP contribution in [0.25, 0.3) is 17.0 Å². The van der Waals surface area contributed by atoms with Gasteiger partial charge in [0.05, 0.1) is 0 Å². The summed E-state index contributed by atoms with van der Waals surface area (Å²) < 4.78 is 2.03. The van der Waals surface area contributed by atoms with E-state index in [9.17, 15) is 4.79 Å². The standard InChI is InChI=1S/C13H11N3OS/c1-16-7-8(9-4-2-3-5-11(9)16)6-10-12(17)15-13(18)14-10/h2-7H,1H3,(H2,14,15,17,18)/b10-6+. The molecule has 5 heteroatoms. The van der Waals surface area contributed by atoms with Crippen LogP contribution in [0.15, 0.2) is 36.2 Å². The number of aromatic nitrogens is 1. The zero-order valence-corrected chi connectivity index (χ0v) is 10.5. The summed E-state index contributed by atoms with van der Waals surface area (Å²) in [7, 11) is 1.98. The van der Waals surface area contributed by atoms with E-state index >= 15 is 0 Å². The number of para-hydroxylation sites is 1. The Hall–Kier alpha value is -2.14. The smallest absolute Gasteiger partial charge is 0.273 e. The Labute approximate surface area is 109 Å². The summed E-state index contributed by atoms with van der Waals surface area (Å²) in [6.07, 6.45) is 3.81. The quantitative estimate of drug-likeness (QED) is 0.601. The zero-order chi connectivity index (χ0) is 12.7. The zero-order valence-electron chi connectivity index (χ0n) is 9.73. The molecule has 0 spiro atoms. The van der Waals surface area contributed by atoms with Gasteiger partial charge in [-0.1, -0.05) is 18.2 Å². The first kappa shape index (κ1) is 11.0. The van der Waals surface area contributed by atoms with Gasteiger partial charge < -0.3 is 9.88 Å². The lowest BCUT2D eigenvalue weighted by Gasteiger charge is -1.94. The molecular formula is C13H11N3OS. The van der Waals surface area contributed by atoms with Crippen LogP contribution in [0.2, 0.25) is 0 Å². The minimum Gasteiger partial charge on any atom is -0.350 e. The fraction of sp³-hybridized carbons (Fsp3) is 0.0769. The summed E-state index contributed by atoms with van der Waals surface area (Å²) in [6.45, 7) is 0. The van der Waals surface area contributed by atoms with Gasteiger partial charge in [0.1, 0.15) is 5.70 Å². The van der Waals surface area contributed by atoms with Gasteiger partial charge in [0.25, 0.3) is 5.91 Å². The van der Waals surface area contributed by atoms with Gasteiger partial charge in [0, 0.05) is 29.7 Å². The summed E-state index contributed by atoms with van der Waals surface area (Å²) in [5.74, 6) is -0.187. The van der Waals surface area contributed by atoms with Gasteiger partial charge in [-0.2, -0.15) is 0 Å². The molecule has 0 radical (unpaired) electrons. The van der Waals surface area contributed by atoms with Crippen molar-refractivity contribution in [3.8, 4) is 0 Å². The predicted molar refractivity (Wildman–Crippen MR) is 74.8 cm³/mol. The molecule has 1 amide bonds. The Kier molecular flexibility index (Phi) is 2.41. The van der Waals surface area contributed by atoms with Crippen molar-refractivity contribution in [3.63, 3.8) is 0 Å². The van der Waals surface area contributed by atoms with Crippen LogP contribution in [0.4, 0.5) is 0 Å². The number of hydrogen-bond acceptors (Lipinski definition) is 2. The van der Waals surface area contributed by atoms with E-state index in [-0.39, 0.29) is 5.91 Å². The number of fused-ring (bicyclic) bond motifs is 1. The number of hydrogen-bond donors (Lipinski definition) is 2. The molecule has 2 heterocycles. The maximum Gasteiger partial charge on any atom is 0.273 e. The molecule has 2 N–H and O–H groups in total. The molecule has 1 aromatic carbocycles. The van der Waals surface area contributed by atoms with Gasteiger partial charge in [0.15, 0.2) is 5.11 Å². The Morgan fingerprint density at radius 2 is 2.06 bits per heavy atom. The summed E-state index contributed by atoms with van der Waals surface area (Å²) in [5, 5.41) is 6.86. The van der Waals surface area contributed by atoms with Crippen LogP contribution in [0.1, 0.15) is 5.56 Å². The monoisotopic (exact) mass is 257 g/mol. The van der Waals surface area contributed by atoms with Crippen LogP contribution in [0.3, 0.4) is 0 Å². The molecule has 90 valence electrons. The second-order valence-corrected chi connectivity index (χ2v) is 4.59. The fourth-order valence-corrected chi connectivity index (χ4v) is 2.33. The van der Waals surface area contributed by atoms with Gasteiger partial charge in [-0.05, 0) is 24.4 Å². The van der Waals surface area contributed by atoms with Gasteiger partial charge in [-0.25, -0.2) is 0 Å². The number of carbonyl (C=O) groups excluding carboxylic acids is 1. The molecule has 1 saturated heterocycles. The molecule has 2 aromatic rings. The summed E-state index contributed by atoms with van der Waals surface area (Å²) in [4.78, 5) is 11.6. The van der Waals surface area contributed by atoms with Gasteiger partial charge in [0.2, 0.25) is 0 Å². The second kappa shape index (κ2) is 3.96. The molecule has 1 aromatic heterocycles. The first-order valence-electron chi connectivity index (χ1n) is 5.53. The minimum atomic E-state index is -0.187. The van der Waals surface area contributed by atoms with Crippen LogP contribution in [-0.4, -0.2) is 15.6 Å². The Bertz CT molecular complexity index is 699. The van der Waals surface area contributed by atoms with E-state index in [1.165, 1.54) is 0 Å². The Morgan fingerprint density at radius 1 is 1.28 bits per heavy atom. The second-order valence-electron chi connectivity index (χ2n) is 4.18. The lowest BCUT2D eigenvalue weighted by molar-refractivity contribution is -0.115. The molecule has 1 aliphatic heterocycles. The number of carbonyl (C=O) groups is 1. The normalized spacial score (nSPS) is 17.3. The van der Waals surface area contributed by atoms with E-state index in [1.807, 2.05) is 48.2 Å². The number of benzene rings is 1. The van der Waals surface area contributed by atoms with Crippen molar-refractivity contribution in [2.24, 2.45) is 7.05 Å². The van der Waals surface area contributed by atoms with Gasteiger partial charge in [-0.15, -0.1) is 0 Å². The highest BCUT2D eigenvalue weighted by Crippen LogP contribution is 2.22. The van der Waals surface area contributed by atoms with E-state index in [0.717, 1.165) is 16.5 Å². The molecule has 4 nitrogen and oxygen atoms in total. The van der Waals surface area contributed by atoms with Crippen molar-refractivity contribution in [3.05, 3.63) is 41.7 Å². The third-order valence-electron chi connectivity index (χ3n) is 2.95. The van der Waals surface area contributed by atoms with Crippen molar-refractivity contribution in [1.29, 1.82) is 0 Å². The third kappa shape index (κ3) is 1.69. The maximum atomic E-state index is 11.6. The fourth-order valence-electron chi connectivity index (χ4n) is 2.13. The van der Waals surface area contributed by atoms with Crippen molar-refractivity contribution >= 4 is 40.2 Å². The van der Waals surface area contributed by atoms with E-state index in [4.69, 9.17) is 12.2 Å². The molecule has 0 saturated carbocycles. The average molecular weight is 257 g/mol. The molecule has 0 unspecified atom stereocenters. The molecule has 0 aliphatic carbocycles. The van der Waals surface area contributed by atoms with Crippen LogP contribution in [0.5, 0.6) is 0 Å².